The summed E-state index contributed by atoms with van der Waals surface area (Å²) in [6.07, 6.45) is 0. The van der Waals surface area contributed by atoms with E-state index in [4.69, 9.17) is 28.2 Å². The predicted octanol–water partition coefficient (Wildman–Crippen LogP) is 2.12. The average molecular weight is 357 g/mol. The maximum Gasteiger partial charge on any atom is 0.228 e. The van der Waals surface area contributed by atoms with Gasteiger partial charge in [-0.15, -0.1) is 0 Å². The maximum absolute atomic E-state index is 6.59. The van der Waals surface area contributed by atoms with E-state index in [-0.39, 0.29) is 27.3 Å². The predicted molar refractivity (Wildman–Crippen MR) is 84.4 cm³/mol. The summed E-state index contributed by atoms with van der Waals surface area (Å²) >= 11 is 13.2. The van der Waals surface area contributed by atoms with E-state index in [0.29, 0.717) is 0 Å². The Morgan fingerprint density at radius 3 is 2.00 bits per heavy atom. The van der Waals surface area contributed by atoms with Gasteiger partial charge < -0.3 is 9.80 Å². The van der Waals surface area contributed by atoms with E-state index in [0.717, 1.165) is 32.0 Å². The maximum atomic E-state index is 6.59. The monoisotopic (exact) mass is 356 g/mol. The quantitative estimate of drug-likeness (QED) is 0.377. The molecule has 7 heteroatoms. The van der Waals surface area contributed by atoms with Crippen LogP contribution in [0.2, 0.25) is 0 Å². The molecular weight excluding hydrogens is 331 g/mol. The van der Waals surface area contributed by atoms with Gasteiger partial charge >= 0.3 is 0 Å². The second kappa shape index (κ2) is 7.80. The first kappa shape index (κ1) is 20.7. The van der Waals surface area contributed by atoms with Crippen LogP contribution in [0.3, 0.4) is 0 Å². The number of rotatable bonds is 0. The molecule has 0 aromatic rings. The van der Waals surface area contributed by atoms with Crippen molar-refractivity contribution in [1.29, 1.82) is 0 Å². The number of nitrogens with zero attached hydrogens (tertiary/aromatic N) is 4. The van der Waals surface area contributed by atoms with E-state index >= 15 is 0 Å². The molecule has 0 amide bonds. The van der Waals surface area contributed by atoms with Crippen molar-refractivity contribution in [3.63, 3.8) is 0 Å². The molecule has 1 aliphatic heterocycles. The van der Waals surface area contributed by atoms with Gasteiger partial charge in [0, 0.05) is 54.9 Å². The number of aliphatic imine (C=N–C) groups is 1. The zero-order valence-corrected chi connectivity index (χ0v) is 16.4. The zero-order valence-electron chi connectivity index (χ0n) is 13.4. The molecule has 0 spiro atoms. The molecule has 0 unspecified atom stereocenters. The summed E-state index contributed by atoms with van der Waals surface area (Å²) in [6, 6.07) is 0. The van der Waals surface area contributed by atoms with Gasteiger partial charge in [-0.3, -0.25) is 9.89 Å². The van der Waals surface area contributed by atoms with Gasteiger partial charge in [0.05, 0.1) is 5.54 Å². The molecular formula is C13H26Cl2N4Ti. The first-order valence-corrected chi connectivity index (χ1v) is 7.38. The van der Waals surface area contributed by atoms with Crippen LogP contribution in [0.5, 0.6) is 0 Å². The molecule has 116 valence electrons. The molecule has 0 aliphatic carbocycles. The van der Waals surface area contributed by atoms with Gasteiger partial charge in [0.1, 0.15) is 0 Å². The van der Waals surface area contributed by atoms with E-state index in [2.05, 4.69) is 37.6 Å². The molecule has 0 atom stereocenters. The van der Waals surface area contributed by atoms with Crippen molar-refractivity contribution in [2.75, 3.05) is 47.3 Å². The van der Waals surface area contributed by atoms with Gasteiger partial charge in [-0.2, -0.15) is 0 Å². The van der Waals surface area contributed by atoms with Crippen LogP contribution >= 0.6 is 23.2 Å². The number of amidine groups is 1. The average Bonchev–Trinajstić information content (AvgIpc) is 2.29. The van der Waals surface area contributed by atoms with Crippen LogP contribution in [0, 0.1) is 0 Å². The number of halogens is 2. The zero-order chi connectivity index (χ0) is 14.8. The molecule has 1 fully saturated rings. The Labute approximate surface area is 148 Å². The Balaban J connectivity index is 0.00000361. The smallest absolute Gasteiger partial charge is 0.228 e. The van der Waals surface area contributed by atoms with Crippen LogP contribution in [0.15, 0.2) is 4.99 Å². The first-order chi connectivity index (χ1) is 8.54. The molecule has 20 heavy (non-hydrogen) atoms. The topological polar surface area (TPSA) is 22.1 Å². The van der Waals surface area contributed by atoms with E-state index in [1.54, 1.807) is 0 Å². The summed E-state index contributed by atoms with van der Waals surface area (Å²) in [5.41, 5.74) is -0.209. The molecule has 0 aromatic heterocycles. The van der Waals surface area contributed by atoms with E-state index in [1.165, 1.54) is 0 Å². The van der Waals surface area contributed by atoms with Gasteiger partial charge in [-0.25, -0.2) is 0 Å². The van der Waals surface area contributed by atoms with E-state index in [1.807, 2.05) is 19.0 Å². The normalized spacial score (nSPS) is 24.8. The van der Waals surface area contributed by atoms with Crippen LogP contribution in [0.4, 0.5) is 0 Å². The summed E-state index contributed by atoms with van der Waals surface area (Å²) in [5.74, 6) is 0.723. The molecule has 1 heterocycles. The number of alkyl halides is 2. The van der Waals surface area contributed by atoms with Gasteiger partial charge in [0.15, 0.2) is 5.84 Å². The van der Waals surface area contributed by atoms with Gasteiger partial charge in [-0.05, 0) is 34.9 Å². The number of likely N-dealkylation sites (N-methyl/N-ethyl adjacent to an activating group) is 3. The van der Waals surface area contributed by atoms with Crippen molar-refractivity contribution in [1.82, 2.24) is 14.7 Å². The van der Waals surface area contributed by atoms with Crippen molar-refractivity contribution in [3.8, 4) is 0 Å². The van der Waals surface area contributed by atoms with Crippen LogP contribution in [-0.4, -0.2) is 77.9 Å². The first-order valence-electron chi connectivity index (χ1n) is 6.63. The van der Waals surface area contributed by atoms with Gasteiger partial charge in [0.25, 0.3) is 0 Å². The summed E-state index contributed by atoms with van der Waals surface area (Å²) in [4.78, 5) is 11.0. The fourth-order valence-corrected chi connectivity index (χ4v) is 2.41. The Morgan fingerprint density at radius 2 is 1.50 bits per heavy atom. The van der Waals surface area contributed by atoms with Crippen molar-refractivity contribution in [2.45, 2.75) is 30.8 Å². The third-order valence-electron chi connectivity index (χ3n) is 3.19. The van der Waals surface area contributed by atoms with E-state index in [9.17, 15) is 0 Å². The summed E-state index contributed by atoms with van der Waals surface area (Å²) in [5, 5.41) is 0. The van der Waals surface area contributed by atoms with Crippen molar-refractivity contribution in [3.05, 3.63) is 0 Å². The fraction of sp³-hybridized carbons (Fsp3) is 0.923. The molecule has 1 saturated heterocycles. The van der Waals surface area contributed by atoms with Crippen molar-refractivity contribution >= 4 is 29.0 Å². The van der Waals surface area contributed by atoms with Crippen LogP contribution in [0.25, 0.3) is 0 Å². The standard InChI is InChI=1S/C13H26Cl2N4.Ti/c1-12(2,3)16-11-13(14,15)19(6)10-8-17(4)7-9-18(11)5;/h7-10H2,1-6H3;. The van der Waals surface area contributed by atoms with Crippen LogP contribution in [-0.2, 0) is 21.7 Å². The Kier molecular flexibility index (Phi) is 8.07. The molecule has 0 saturated carbocycles. The largest absolute Gasteiger partial charge is 0.358 e. The molecule has 4 nitrogen and oxygen atoms in total. The third-order valence-corrected chi connectivity index (χ3v) is 4.10. The molecule has 0 radical (unpaired) electrons. The Bertz CT molecular complexity index is 342. The van der Waals surface area contributed by atoms with E-state index < -0.39 is 4.46 Å². The third kappa shape index (κ3) is 5.82. The van der Waals surface area contributed by atoms with Crippen LogP contribution in [0.1, 0.15) is 20.8 Å². The Morgan fingerprint density at radius 1 is 1.00 bits per heavy atom. The summed E-state index contributed by atoms with van der Waals surface area (Å²) in [7, 11) is 6.04. The second-order valence-corrected chi connectivity index (χ2v) is 7.58. The molecule has 0 aromatic carbocycles. The molecule has 0 bridgehead atoms. The molecule has 1 rings (SSSR count). The minimum atomic E-state index is -1.09. The fourth-order valence-electron chi connectivity index (χ4n) is 1.87. The number of hydrogen-bond donors (Lipinski definition) is 0. The summed E-state index contributed by atoms with van der Waals surface area (Å²) < 4.78 is -1.09. The number of hydrogen-bond acceptors (Lipinski definition) is 3. The van der Waals surface area contributed by atoms with Crippen LogP contribution < -0.4 is 0 Å². The van der Waals surface area contributed by atoms with Gasteiger partial charge in [0.2, 0.25) is 4.46 Å². The van der Waals surface area contributed by atoms with Gasteiger partial charge in [-0.1, -0.05) is 23.2 Å². The minimum Gasteiger partial charge on any atom is -0.358 e. The van der Waals surface area contributed by atoms with Crippen molar-refractivity contribution < 1.29 is 21.7 Å². The second-order valence-electron chi connectivity index (χ2n) is 6.29. The SMILES string of the molecule is CN1CCN(C)C(=NC(C)(C)C)C(Cl)(Cl)N(C)CC1.[Ti]. The van der Waals surface area contributed by atoms with Crippen molar-refractivity contribution in [2.24, 2.45) is 4.99 Å². The minimum absolute atomic E-state index is 0. The Hall–Kier alpha value is 0.684. The molecule has 0 N–H and O–H groups in total. The summed E-state index contributed by atoms with van der Waals surface area (Å²) in [6.45, 7) is 9.73. The molecule has 1 aliphatic rings.